The van der Waals surface area contributed by atoms with Crippen molar-refractivity contribution < 1.29 is 42.6 Å². The molecule has 2 aromatic rings. The lowest BCUT2D eigenvalue weighted by Gasteiger charge is -2.25. The third-order valence-electron chi connectivity index (χ3n) is 6.11. The van der Waals surface area contributed by atoms with Crippen LogP contribution in [0.3, 0.4) is 0 Å². The number of methoxy groups -OCH3 is 3. The summed E-state index contributed by atoms with van der Waals surface area (Å²) in [6, 6.07) is 5.27. The van der Waals surface area contributed by atoms with E-state index >= 15 is 0 Å². The van der Waals surface area contributed by atoms with E-state index in [9.17, 15) is 19.2 Å². The van der Waals surface area contributed by atoms with E-state index in [0.29, 0.717) is 11.5 Å². The lowest BCUT2D eigenvalue weighted by Crippen LogP contribution is -2.59. The molecule has 0 radical (unpaired) electrons. The van der Waals surface area contributed by atoms with Gasteiger partial charge in [-0.25, -0.2) is 0 Å². The van der Waals surface area contributed by atoms with Crippen molar-refractivity contribution in [1.82, 2.24) is 21.1 Å². The quantitative estimate of drug-likeness (QED) is 0.257. The monoisotopic (exact) mass is 546 g/mol. The van der Waals surface area contributed by atoms with Gasteiger partial charge < -0.3 is 39.4 Å². The average Bonchev–Trinajstić information content (AvgIpc) is 3.52. The smallest absolute Gasteiger partial charge is 0.274 e. The number of carbonyl (C=O) groups excluding carboxylic acids is 4. The first-order valence-corrected chi connectivity index (χ1v) is 12.2. The second-order valence-corrected chi connectivity index (χ2v) is 9.32. The lowest BCUT2D eigenvalue weighted by atomic mass is 9.94. The minimum Gasteiger partial charge on any atom is -0.497 e. The SMILES string of the molecule is COCC(NC(=O)c1cc(C)on1)C(=O)N[C@@H](COC)C(=O)NC(Cc1ccc(OC)cc1)C(=O)C1(C)CO1. The summed E-state index contributed by atoms with van der Waals surface area (Å²) in [4.78, 5) is 52.0. The Morgan fingerprint density at radius 2 is 1.51 bits per heavy atom. The van der Waals surface area contributed by atoms with Crippen LogP contribution in [0.5, 0.6) is 5.75 Å². The van der Waals surface area contributed by atoms with Gasteiger partial charge in [0.15, 0.2) is 11.5 Å². The number of rotatable bonds is 15. The molecule has 4 atom stereocenters. The van der Waals surface area contributed by atoms with Crippen molar-refractivity contribution >= 4 is 23.5 Å². The first-order chi connectivity index (χ1) is 18.6. The number of aromatic nitrogens is 1. The molecule has 0 aliphatic carbocycles. The van der Waals surface area contributed by atoms with Gasteiger partial charge in [0.2, 0.25) is 11.8 Å². The Labute approximate surface area is 225 Å². The van der Waals surface area contributed by atoms with E-state index in [4.69, 9.17) is 23.5 Å². The average molecular weight is 547 g/mol. The molecule has 1 fully saturated rings. The zero-order chi connectivity index (χ0) is 28.6. The van der Waals surface area contributed by atoms with Crippen LogP contribution in [0.4, 0.5) is 0 Å². The van der Waals surface area contributed by atoms with Crippen LogP contribution in [0.25, 0.3) is 0 Å². The Balaban J connectivity index is 1.71. The Bertz CT molecular complexity index is 1160. The van der Waals surface area contributed by atoms with Crippen molar-refractivity contribution in [3.63, 3.8) is 0 Å². The molecular weight excluding hydrogens is 512 g/mol. The summed E-state index contributed by atoms with van der Waals surface area (Å²) in [7, 11) is 4.28. The molecule has 1 aromatic carbocycles. The predicted octanol–water partition coefficient (Wildman–Crippen LogP) is -0.0469. The standard InChI is InChI=1S/C26H34N4O9/c1-15-10-19(30-39-15)23(32)28-21(13-36-4)25(34)29-20(12-35-3)24(33)27-18(22(31)26(2)14-38-26)11-16-6-8-17(37-5)9-7-16/h6-10,18,20-21H,11-14H2,1-5H3,(H,27,33)(H,28,32)(H,29,34)/t18?,20-,21?,26?/m0/s1. The van der Waals surface area contributed by atoms with E-state index in [1.165, 1.54) is 20.3 Å². The van der Waals surface area contributed by atoms with E-state index < -0.39 is 41.4 Å². The molecule has 1 saturated heterocycles. The maximum absolute atomic E-state index is 13.3. The van der Waals surface area contributed by atoms with Gasteiger partial charge in [0.05, 0.1) is 33.0 Å². The summed E-state index contributed by atoms with van der Waals surface area (Å²) in [6.45, 7) is 3.17. The molecule has 3 rings (SSSR count). The van der Waals surface area contributed by atoms with Crippen molar-refractivity contribution in [1.29, 1.82) is 0 Å². The molecule has 1 aromatic heterocycles. The van der Waals surface area contributed by atoms with Crippen LogP contribution in [0.1, 0.15) is 28.7 Å². The van der Waals surface area contributed by atoms with Gasteiger partial charge in [-0.15, -0.1) is 0 Å². The van der Waals surface area contributed by atoms with Crippen LogP contribution in [-0.4, -0.2) is 93.5 Å². The van der Waals surface area contributed by atoms with Crippen molar-refractivity contribution in [2.24, 2.45) is 0 Å². The Morgan fingerprint density at radius 3 is 2.00 bits per heavy atom. The Morgan fingerprint density at radius 1 is 0.949 bits per heavy atom. The number of aryl methyl sites for hydroxylation is 1. The molecule has 13 heteroatoms. The molecule has 3 amide bonds. The summed E-state index contributed by atoms with van der Waals surface area (Å²) in [5.74, 6) is -1.20. The highest BCUT2D eigenvalue weighted by molar-refractivity contribution is 5.99. The number of nitrogens with zero attached hydrogens (tertiary/aromatic N) is 1. The second-order valence-electron chi connectivity index (χ2n) is 9.32. The summed E-state index contributed by atoms with van der Waals surface area (Å²) in [5, 5.41) is 11.4. The number of Topliss-reactive ketones (excluding diaryl/α,β-unsaturated/α-hetero) is 1. The van der Waals surface area contributed by atoms with Crippen molar-refractivity contribution in [2.75, 3.05) is 41.2 Å². The third kappa shape index (κ3) is 8.09. The molecular formula is C26H34N4O9. The second kappa shape index (κ2) is 13.3. The molecule has 0 bridgehead atoms. The normalized spacial score (nSPS) is 18.4. The number of carbonyl (C=O) groups is 4. The summed E-state index contributed by atoms with van der Waals surface area (Å²) in [5.41, 5.74) is -0.210. The molecule has 39 heavy (non-hydrogen) atoms. The Kier molecular flexibility index (Phi) is 10.2. The van der Waals surface area contributed by atoms with Crippen molar-refractivity contribution in [2.45, 2.75) is 44.0 Å². The zero-order valence-electron chi connectivity index (χ0n) is 22.6. The van der Waals surface area contributed by atoms with E-state index in [0.717, 1.165) is 5.56 Å². The number of ether oxygens (including phenoxy) is 4. The molecule has 3 unspecified atom stereocenters. The maximum atomic E-state index is 13.3. The van der Waals surface area contributed by atoms with Gasteiger partial charge in [0.25, 0.3) is 5.91 Å². The van der Waals surface area contributed by atoms with Crippen LogP contribution in [0.2, 0.25) is 0 Å². The van der Waals surface area contributed by atoms with Crippen molar-refractivity contribution in [3.8, 4) is 5.75 Å². The van der Waals surface area contributed by atoms with E-state index in [-0.39, 0.29) is 37.7 Å². The summed E-state index contributed by atoms with van der Waals surface area (Å²) >= 11 is 0. The molecule has 0 saturated carbocycles. The molecule has 1 aliphatic heterocycles. The highest BCUT2D eigenvalue weighted by Gasteiger charge is 2.50. The van der Waals surface area contributed by atoms with Gasteiger partial charge in [-0.05, 0) is 38.0 Å². The first-order valence-electron chi connectivity index (χ1n) is 12.2. The summed E-state index contributed by atoms with van der Waals surface area (Å²) in [6.07, 6.45) is 0.195. The Hall–Kier alpha value is -3.81. The number of hydrogen-bond donors (Lipinski definition) is 3. The van der Waals surface area contributed by atoms with Gasteiger partial charge in [-0.2, -0.15) is 0 Å². The number of nitrogens with one attached hydrogen (secondary N) is 3. The van der Waals surface area contributed by atoms with Gasteiger partial charge >= 0.3 is 0 Å². The molecule has 2 heterocycles. The molecule has 3 N–H and O–H groups in total. The molecule has 13 nitrogen and oxygen atoms in total. The zero-order valence-corrected chi connectivity index (χ0v) is 22.6. The summed E-state index contributed by atoms with van der Waals surface area (Å²) < 4.78 is 25.6. The van der Waals surface area contributed by atoms with Gasteiger partial charge in [0.1, 0.15) is 29.2 Å². The molecule has 0 spiro atoms. The third-order valence-corrected chi connectivity index (χ3v) is 6.11. The fraction of sp³-hybridized carbons (Fsp3) is 0.500. The maximum Gasteiger partial charge on any atom is 0.274 e. The van der Waals surface area contributed by atoms with Crippen LogP contribution < -0.4 is 20.7 Å². The van der Waals surface area contributed by atoms with Crippen LogP contribution in [0, 0.1) is 6.92 Å². The predicted molar refractivity (Wildman–Crippen MR) is 136 cm³/mol. The van der Waals surface area contributed by atoms with Crippen molar-refractivity contribution in [3.05, 3.63) is 47.3 Å². The van der Waals surface area contributed by atoms with Gasteiger partial charge in [0, 0.05) is 20.3 Å². The largest absolute Gasteiger partial charge is 0.497 e. The fourth-order valence-electron chi connectivity index (χ4n) is 3.78. The number of ketones is 1. The van der Waals surface area contributed by atoms with Gasteiger partial charge in [-0.1, -0.05) is 17.3 Å². The topological polar surface area (TPSA) is 171 Å². The lowest BCUT2D eigenvalue weighted by molar-refractivity contribution is -0.134. The number of hydrogen-bond acceptors (Lipinski definition) is 10. The minimum atomic E-state index is -1.17. The van der Waals surface area contributed by atoms with E-state index in [1.807, 2.05) is 0 Å². The highest BCUT2D eigenvalue weighted by atomic mass is 16.6. The molecule has 1 aliphatic rings. The number of amides is 3. The first kappa shape index (κ1) is 29.7. The van der Waals surface area contributed by atoms with Crippen LogP contribution >= 0.6 is 0 Å². The molecule has 212 valence electrons. The highest BCUT2D eigenvalue weighted by Crippen LogP contribution is 2.29. The fourth-order valence-corrected chi connectivity index (χ4v) is 3.78. The van der Waals surface area contributed by atoms with Gasteiger partial charge in [-0.3, -0.25) is 19.2 Å². The number of benzene rings is 1. The number of epoxide rings is 1. The van der Waals surface area contributed by atoms with E-state index in [1.54, 1.807) is 45.2 Å². The van der Waals surface area contributed by atoms with Crippen LogP contribution in [-0.2, 0) is 35.0 Å². The van der Waals surface area contributed by atoms with Crippen LogP contribution in [0.15, 0.2) is 34.9 Å². The van der Waals surface area contributed by atoms with E-state index in [2.05, 4.69) is 21.1 Å². The minimum absolute atomic E-state index is 0.0109.